The first-order valence-electron chi connectivity index (χ1n) is 8.89. The quantitative estimate of drug-likeness (QED) is 0.725. The van der Waals surface area contributed by atoms with Crippen LogP contribution < -0.4 is 5.32 Å². The molecule has 0 saturated heterocycles. The lowest BCUT2D eigenvalue weighted by atomic mass is 10.1. The van der Waals surface area contributed by atoms with Gasteiger partial charge in [-0.3, -0.25) is 9.89 Å². The molecule has 27 heavy (non-hydrogen) atoms. The van der Waals surface area contributed by atoms with E-state index in [9.17, 15) is 13.2 Å². The summed E-state index contributed by atoms with van der Waals surface area (Å²) in [5, 5.41) is 11.4. The molecule has 3 aromatic rings. The number of H-pyrrole nitrogens is 1. The highest BCUT2D eigenvalue weighted by Crippen LogP contribution is 2.35. The Labute approximate surface area is 156 Å². The molecule has 2 aromatic carbocycles. The number of aromatic nitrogens is 2. The highest BCUT2D eigenvalue weighted by molar-refractivity contribution is 7.89. The number of aromatic amines is 1. The second kappa shape index (κ2) is 5.90. The smallest absolute Gasteiger partial charge is 0.244 e. The summed E-state index contributed by atoms with van der Waals surface area (Å²) in [6.07, 6.45) is 1.81. The van der Waals surface area contributed by atoms with Crippen LogP contribution in [0.25, 0.3) is 10.8 Å². The van der Waals surface area contributed by atoms with Crippen LogP contribution in [-0.2, 0) is 27.9 Å². The zero-order valence-corrected chi connectivity index (χ0v) is 15.3. The van der Waals surface area contributed by atoms with Crippen LogP contribution in [0.15, 0.2) is 47.4 Å². The summed E-state index contributed by atoms with van der Waals surface area (Å²) in [5.74, 6) is 0.464. The van der Waals surface area contributed by atoms with Crippen LogP contribution in [0.1, 0.15) is 24.1 Å². The zero-order chi connectivity index (χ0) is 18.6. The molecule has 0 unspecified atom stereocenters. The number of hydrogen-bond acceptors (Lipinski definition) is 4. The summed E-state index contributed by atoms with van der Waals surface area (Å²) in [4.78, 5) is 12.3. The van der Waals surface area contributed by atoms with E-state index in [1.807, 2.05) is 30.3 Å². The van der Waals surface area contributed by atoms with Gasteiger partial charge < -0.3 is 5.32 Å². The van der Waals surface area contributed by atoms with E-state index >= 15 is 0 Å². The summed E-state index contributed by atoms with van der Waals surface area (Å²) in [7, 11) is -3.68. The van der Waals surface area contributed by atoms with E-state index in [0.717, 1.165) is 29.5 Å². The molecule has 1 amide bonds. The van der Waals surface area contributed by atoms with Gasteiger partial charge in [0.25, 0.3) is 0 Å². The Bertz CT molecular complexity index is 1160. The molecule has 0 radical (unpaired) electrons. The van der Waals surface area contributed by atoms with E-state index in [1.54, 1.807) is 12.1 Å². The average molecular weight is 382 g/mol. The molecule has 2 aliphatic rings. The predicted molar refractivity (Wildman–Crippen MR) is 100 cm³/mol. The van der Waals surface area contributed by atoms with Gasteiger partial charge in [-0.15, -0.1) is 0 Å². The zero-order valence-electron chi connectivity index (χ0n) is 14.5. The Balaban J connectivity index is 1.46. The maximum absolute atomic E-state index is 13.3. The Morgan fingerprint density at radius 2 is 1.89 bits per heavy atom. The summed E-state index contributed by atoms with van der Waals surface area (Å²) in [6.45, 7) is 0.408. The third-order valence-corrected chi connectivity index (χ3v) is 7.03. The Kier molecular flexibility index (Phi) is 3.60. The highest BCUT2D eigenvalue weighted by Gasteiger charge is 2.36. The molecule has 1 fully saturated rings. The molecule has 1 aliphatic heterocycles. The summed E-state index contributed by atoms with van der Waals surface area (Å²) < 4.78 is 28.0. The van der Waals surface area contributed by atoms with Gasteiger partial charge in [-0.25, -0.2) is 8.42 Å². The maximum atomic E-state index is 13.3. The van der Waals surface area contributed by atoms with E-state index in [-0.39, 0.29) is 24.9 Å². The topological polar surface area (TPSA) is 95.2 Å². The lowest BCUT2D eigenvalue weighted by Gasteiger charge is -2.17. The number of rotatable bonds is 4. The van der Waals surface area contributed by atoms with Gasteiger partial charge in [-0.1, -0.05) is 36.4 Å². The highest BCUT2D eigenvalue weighted by atomic mass is 32.2. The maximum Gasteiger partial charge on any atom is 0.244 e. The minimum absolute atomic E-state index is 0.0420. The minimum atomic E-state index is -3.68. The summed E-state index contributed by atoms with van der Waals surface area (Å²) in [6, 6.07) is 12.7. The van der Waals surface area contributed by atoms with Gasteiger partial charge in [-0.05, 0) is 24.3 Å². The molecule has 5 rings (SSSR count). The summed E-state index contributed by atoms with van der Waals surface area (Å²) >= 11 is 0. The number of fused-ring (bicyclic) bond motifs is 2. The van der Waals surface area contributed by atoms with Crippen LogP contribution >= 0.6 is 0 Å². The van der Waals surface area contributed by atoms with E-state index in [0.29, 0.717) is 16.1 Å². The molecular weight excluding hydrogens is 364 g/mol. The number of sulfonamides is 1. The van der Waals surface area contributed by atoms with Crippen molar-refractivity contribution in [2.45, 2.75) is 30.8 Å². The number of carbonyl (C=O) groups excluding carboxylic acids is 1. The van der Waals surface area contributed by atoms with Crippen molar-refractivity contribution >= 4 is 32.5 Å². The molecule has 2 N–H and O–H groups in total. The van der Waals surface area contributed by atoms with Gasteiger partial charge in [0.05, 0.1) is 17.1 Å². The predicted octanol–water partition coefficient (Wildman–Crippen LogP) is 2.62. The van der Waals surface area contributed by atoms with Gasteiger partial charge in [0.1, 0.15) is 0 Å². The van der Waals surface area contributed by atoms with Gasteiger partial charge in [0.15, 0.2) is 5.82 Å². The molecule has 7 nitrogen and oxygen atoms in total. The molecule has 8 heteroatoms. The average Bonchev–Trinajstić information content (AvgIpc) is 3.33. The first-order chi connectivity index (χ1) is 13.0. The van der Waals surface area contributed by atoms with Crippen LogP contribution in [0.4, 0.5) is 5.82 Å². The SMILES string of the molecule is O=C(Nc1n[nH]c2c1CN(S(=O)(=O)c1cccc3ccccc13)C2)C1CC1. The van der Waals surface area contributed by atoms with Crippen molar-refractivity contribution in [3.8, 4) is 0 Å². The number of benzene rings is 2. The standard InChI is InChI=1S/C19H18N4O3S/c24-19(13-8-9-13)20-18-15-10-23(11-16(15)21-22-18)27(25,26)17-7-3-5-12-4-1-2-6-14(12)17/h1-7,13H,8-11H2,(H2,20,21,22,24). The molecule has 2 heterocycles. The van der Waals surface area contributed by atoms with E-state index in [1.165, 1.54) is 4.31 Å². The molecular formula is C19H18N4O3S. The third-order valence-electron chi connectivity index (χ3n) is 5.18. The van der Waals surface area contributed by atoms with Crippen molar-refractivity contribution < 1.29 is 13.2 Å². The normalized spacial score (nSPS) is 17.2. The van der Waals surface area contributed by atoms with Crippen molar-refractivity contribution in [2.75, 3.05) is 5.32 Å². The molecule has 1 aromatic heterocycles. The largest absolute Gasteiger partial charge is 0.309 e. The number of hydrogen-bond donors (Lipinski definition) is 2. The van der Waals surface area contributed by atoms with Crippen molar-refractivity contribution in [3.63, 3.8) is 0 Å². The van der Waals surface area contributed by atoms with Gasteiger partial charge in [0.2, 0.25) is 15.9 Å². The van der Waals surface area contributed by atoms with Crippen molar-refractivity contribution in [2.24, 2.45) is 5.92 Å². The summed E-state index contributed by atoms with van der Waals surface area (Å²) in [5.41, 5.74) is 1.47. The monoisotopic (exact) mass is 382 g/mol. The molecule has 0 spiro atoms. The molecule has 138 valence electrons. The second-order valence-corrected chi connectivity index (χ2v) is 8.95. The fourth-order valence-electron chi connectivity index (χ4n) is 3.51. The van der Waals surface area contributed by atoms with Gasteiger partial charge in [0, 0.05) is 23.4 Å². The van der Waals surface area contributed by atoms with E-state index in [4.69, 9.17) is 0 Å². The number of nitrogens with one attached hydrogen (secondary N) is 2. The lowest BCUT2D eigenvalue weighted by molar-refractivity contribution is -0.117. The molecule has 1 saturated carbocycles. The van der Waals surface area contributed by atoms with Crippen LogP contribution in [0.3, 0.4) is 0 Å². The van der Waals surface area contributed by atoms with Crippen LogP contribution in [0.5, 0.6) is 0 Å². The van der Waals surface area contributed by atoms with Crippen molar-refractivity contribution in [1.29, 1.82) is 0 Å². The fourth-order valence-corrected chi connectivity index (χ4v) is 5.10. The lowest BCUT2D eigenvalue weighted by Crippen LogP contribution is -2.26. The fraction of sp³-hybridized carbons (Fsp3) is 0.263. The second-order valence-electron chi connectivity index (χ2n) is 7.04. The Morgan fingerprint density at radius 3 is 2.70 bits per heavy atom. The van der Waals surface area contributed by atoms with Crippen LogP contribution in [0.2, 0.25) is 0 Å². The minimum Gasteiger partial charge on any atom is -0.309 e. The van der Waals surface area contributed by atoms with E-state index in [2.05, 4.69) is 15.5 Å². The number of anilines is 1. The van der Waals surface area contributed by atoms with Gasteiger partial charge in [-0.2, -0.15) is 9.40 Å². The molecule has 0 atom stereocenters. The van der Waals surface area contributed by atoms with Crippen LogP contribution in [0, 0.1) is 5.92 Å². The molecule has 1 aliphatic carbocycles. The number of amides is 1. The van der Waals surface area contributed by atoms with Crippen molar-refractivity contribution in [1.82, 2.24) is 14.5 Å². The third kappa shape index (κ3) is 2.72. The Morgan fingerprint density at radius 1 is 1.11 bits per heavy atom. The molecule has 0 bridgehead atoms. The first kappa shape index (κ1) is 16.5. The Hall–Kier alpha value is -2.71. The number of nitrogens with zero attached hydrogens (tertiary/aromatic N) is 2. The van der Waals surface area contributed by atoms with Gasteiger partial charge >= 0.3 is 0 Å². The van der Waals surface area contributed by atoms with Crippen LogP contribution in [-0.4, -0.2) is 28.8 Å². The van der Waals surface area contributed by atoms with Crippen molar-refractivity contribution in [3.05, 3.63) is 53.7 Å². The number of carbonyl (C=O) groups is 1. The van der Waals surface area contributed by atoms with E-state index < -0.39 is 10.0 Å². The first-order valence-corrected chi connectivity index (χ1v) is 10.3.